The lowest BCUT2D eigenvalue weighted by atomic mass is 10.2. The van der Waals surface area contributed by atoms with Crippen LogP contribution >= 0.6 is 11.6 Å². The minimum Gasteiger partial charge on any atom is -0.476 e. The van der Waals surface area contributed by atoms with Gasteiger partial charge in [0.2, 0.25) is 0 Å². The fourth-order valence-electron chi connectivity index (χ4n) is 1.70. The van der Waals surface area contributed by atoms with Gasteiger partial charge in [-0.2, -0.15) is 5.10 Å². The van der Waals surface area contributed by atoms with Crippen LogP contribution in [0.2, 0.25) is 5.02 Å². The van der Waals surface area contributed by atoms with Crippen molar-refractivity contribution in [1.82, 2.24) is 9.78 Å². The Kier molecular flexibility index (Phi) is 3.82. The summed E-state index contributed by atoms with van der Waals surface area (Å²) in [7, 11) is 0. The minimum absolute atomic E-state index is 0.157. The second kappa shape index (κ2) is 5.38. The normalized spacial score (nSPS) is 10.7. The molecule has 1 aromatic heterocycles. The van der Waals surface area contributed by atoms with E-state index >= 15 is 0 Å². The van der Waals surface area contributed by atoms with Crippen molar-refractivity contribution in [3.63, 3.8) is 0 Å². The van der Waals surface area contributed by atoms with Crippen LogP contribution in [0.1, 0.15) is 16.1 Å². The second-order valence-corrected chi connectivity index (χ2v) is 4.29. The van der Waals surface area contributed by atoms with E-state index in [1.807, 2.05) is 0 Å². The van der Waals surface area contributed by atoms with Crippen LogP contribution in [0.15, 0.2) is 24.4 Å². The number of hydrogen-bond donors (Lipinski definition) is 2. The van der Waals surface area contributed by atoms with Gasteiger partial charge in [0, 0.05) is 23.4 Å². The lowest BCUT2D eigenvalue weighted by molar-refractivity contribution is 0.0688. The van der Waals surface area contributed by atoms with Crippen LogP contribution in [-0.4, -0.2) is 32.6 Å². The number of benzene rings is 1. The molecule has 5 nitrogen and oxygen atoms in total. The van der Waals surface area contributed by atoms with E-state index in [0.29, 0.717) is 11.3 Å². The number of hydrogen-bond acceptors (Lipinski definition) is 3. The summed E-state index contributed by atoms with van der Waals surface area (Å²) in [4.78, 5) is 11.0. The van der Waals surface area contributed by atoms with Crippen LogP contribution in [0.3, 0.4) is 0 Å². The molecule has 100 valence electrons. The standard InChI is InChI=1S/C12H10ClFN2O3/c13-8-3-9(14)5-10(4-8)16-6-7(1-2-17)11(15-16)12(18)19/h3-6,17H,1-2H2,(H,18,19). The van der Waals surface area contributed by atoms with Gasteiger partial charge in [-0.3, -0.25) is 0 Å². The van der Waals surface area contributed by atoms with E-state index in [2.05, 4.69) is 5.10 Å². The lowest BCUT2D eigenvalue weighted by Gasteiger charge is -2.02. The number of halogens is 2. The van der Waals surface area contributed by atoms with Gasteiger partial charge in [-0.15, -0.1) is 0 Å². The summed E-state index contributed by atoms with van der Waals surface area (Å²) in [5.74, 6) is -1.75. The summed E-state index contributed by atoms with van der Waals surface area (Å²) in [5, 5.41) is 21.9. The number of aromatic nitrogens is 2. The van der Waals surface area contributed by atoms with Crippen molar-refractivity contribution in [3.05, 3.63) is 46.5 Å². The average Bonchev–Trinajstić information content (AvgIpc) is 2.72. The summed E-state index contributed by atoms with van der Waals surface area (Å²) >= 11 is 5.73. The zero-order valence-electron chi connectivity index (χ0n) is 9.68. The highest BCUT2D eigenvalue weighted by atomic mass is 35.5. The molecule has 0 aliphatic heterocycles. The predicted molar refractivity (Wildman–Crippen MR) is 66.3 cm³/mol. The highest BCUT2D eigenvalue weighted by molar-refractivity contribution is 6.30. The van der Waals surface area contributed by atoms with Crippen molar-refractivity contribution in [2.45, 2.75) is 6.42 Å². The van der Waals surface area contributed by atoms with Crippen LogP contribution in [0.25, 0.3) is 5.69 Å². The molecule has 0 aliphatic rings. The molecular formula is C12H10ClFN2O3. The SMILES string of the molecule is O=C(O)c1nn(-c2cc(F)cc(Cl)c2)cc1CCO. The van der Waals surface area contributed by atoms with Crippen LogP contribution in [0, 0.1) is 5.82 Å². The fourth-order valence-corrected chi connectivity index (χ4v) is 1.91. The summed E-state index contributed by atoms with van der Waals surface area (Å²) in [5.41, 5.74) is 0.515. The molecule has 2 rings (SSSR count). The largest absolute Gasteiger partial charge is 0.476 e. The Balaban J connectivity index is 2.50. The first kappa shape index (κ1) is 13.5. The molecule has 0 saturated carbocycles. The molecule has 0 fully saturated rings. The van der Waals surface area contributed by atoms with E-state index in [-0.39, 0.29) is 23.7 Å². The first-order valence-corrected chi connectivity index (χ1v) is 5.78. The number of carboxylic acid groups (broad SMARTS) is 1. The third-order valence-corrected chi connectivity index (χ3v) is 2.70. The van der Waals surface area contributed by atoms with Gasteiger partial charge in [0.1, 0.15) is 5.82 Å². The third kappa shape index (κ3) is 2.91. The first-order valence-electron chi connectivity index (χ1n) is 5.40. The number of aliphatic hydroxyl groups is 1. The molecule has 0 unspecified atom stereocenters. The van der Waals surface area contributed by atoms with E-state index in [0.717, 1.165) is 6.07 Å². The molecule has 0 radical (unpaired) electrons. The summed E-state index contributed by atoms with van der Waals surface area (Å²) in [6.07, 6.45) is 1.59. The van der Waals surface area contributed by atoms with Crippen molar-refractivity contribution in [2.75, 3.05) is 6.61 Å². The molecule has 7 heteroatoms. The van der Waals surface area contributed by atoms with Gasteiger partial charge in [-0.25, -0.2) is 13.9 Å². The summed E-state index contributed by atoms with van der Waals surface area (Å²) < 4.78 is 14.5. The van der Waals surface area contributed by atoms with Crippen LogP contribution in [0.4, 0.5) is 4.39 Å². The molecular weight excluding hydrogens is 275 g/mol. The molecule has 2 aromatic rings. The van der Waals surface area contributed by atoms with Gasteiger partial charge in [-0.1, -0.05) is 11.6 Å². The second-order valence-electron chi connectivity index (χ2n) is 3.85. The smallest absolute Gasteiger partial charge is 0.356 e. The van der Waals surface area contributed by atoms with Gasteiger partial charge < -0.3 is 10.2 Å². The average molecular weight is 285 g/mol. The van der Waals surface area contributed by atoms with Gasteiger partial charge in [0.05, 0.1) is 5.69 Å². The lowest BCUT2D eigenvalue weighted by Crippen LogP contribution is -2.04. The molecule has 1 heterocycles. The monoisotopic (exact) mass is 284 g/mol. The first-order chi connectivity index (χ1) is 9.01. The van der Waals surface area contributed by atoms with E-state index in [1.54, 1.807) is 0 Å². The van der Waals surface area contributed by atoms with Crippen LogP contribution in [-0.2, 0) is 6.42 Å². The van der Waals surface area contributed by atoms with Crippen molar-refractivity contribution in [1.29, 1.82) is 0 Å². The minimum atomic E-state index is -1.20. The Morgan fingerprint density at radius 2 is 2.16 bits per heavy atom. The van der Waals surface area contributed by atoms with Crippen molar-refractivity contribution >= 4 is 17.6 Å². The number of aromatic carboxylic acids is 1. The zero-order valence-corrected chi connectivity index (χ0v) is 10.4. The van der Waals surface area contributed by atoms with Gasteiger partial charge in [-0.05, 0) is 24.6 Å². The molecule has 0 spiro atoms. The van der Waals surface area contributed by atoms with E-state index in [1.165, 1.54) is 23.0 Å². The van der Waals surface area contributed by atoms with Crippen LogP contribution < -0.4 is 0 Å². The fraction of sp³-hybridized carbons (Fsp3) is 0.167. The maximum absolute atomic E-state index is 13.2. The Morgan fingerprint density at radius 3 is 2.74 bits per heavy atom. The zero-order chi connectivity index (χ0) is 14.0. The molecule has 19 heavy (non-hydrogen) atoms. The van der Waals surface area contributed by atoms with Gasteiger partial charge in [0.15, 0.2) is 5.69 Å². The molecule has 2 N–H and O–H groups in total. The quantitative estimate of drug-likeness (QED) is 0.899. The number of nitrogens with zero attached hydrogens (tertiary/aromatic N) is 2. The summed E-state index contributed by atoms with van der Waals surface area (Å²) in [6, 6.07) is 3.79. The number of carbonyl (C=O) groups is 1. The molecule has 0 saturated heterocycles. The van der Waals surface area contributed by atoms with Crippen molar-refractivity contribution in [3.8, 4) is 5.69 Å². The number of aliphatic hydroxyl groups excluding tert-OH is 1. The van der Waals surface area contributed by atoms with E-state index in [4.69, 9.17) is 21.8 Å². The molecule has 1 aromatic carbocycles. The highest BCUT2D eigenvalue weighted by Gasteiger charge is 2.16. The van der Waals surface area contributed by atoms with Crippen molar-refractivity contribution in [2.24, 2.45) is 0 Å². The maximum Gasteiger partial charge on any atom is 0.356 e. The Morgan fingerprint density at radius 1 is 1.42 bits per heavy atom. The Labute approximate surface area is 112 Å². The topological polar surface area (TPSA) is 75.3 Å². The van der Waals surface area contributed by atoms with E-state index in [9.17, 15) is 9.18 Å². The maximum atomic E-state index is 13.2. The molecule has 0 amide bonds. The van der Waals surface area contributed by atoms with Gasteiger partial charge >= 0.3 is 5.97 Å². The van der Waals surface area contributed by atoms with Crippen molar-refractivity contribution < 1.29 is 19.4 Å². The molecule has 0 aliphatic carbocycles. The summed E-state index contributed by atoms with van der Waals surface area (Å²) in [6.45, 7) is -0.199. The predicted octanol–water partition coefficient (Wildman–Crippen LogP) is 1.90. The molecule has 0 bridgehead atoms. The highest BCUT2D eigenvalue weighted by Crippen LogP contribution is 2.19. The molecule has 0 atom stereocenters. The third-order valence-electron chi connectivity index (χ3n) is 2.49. The Bertz CT molecular complexity index is 607. The number of carboxylic acids is 1. The van der Waals surface area contributed by atoms with Gasteiger partial charge in [0.25, 0.3) is 0 Å². The van der Waals surface area contributed by atoms with E-state index < -0.39 is 11.8 Å². The Hall–Kier alpha value is -1.92. The van der Waals surface area contributed by atoms with Crippen LogP contribution in [0.5, 0.6) is 0 Å². The number of rotatable bonds is 4.